The van der Waals surface area contributed by atoms with Gasteiger partial charge in [-0.25, -0.2) is 0 Å². The molecule has 1 heterocycles. The molecular weight excluding hydrogens is 315 g/mol. The summed E-state index contributed by atoms with van der Waals surface area (Å²) in [7, 11) is 0. The first-order chi connectivity index (χ1) is 10.0. The molecule has 0 aromatic carbocycles. The first-order valence-electron chi connectivity index (χ1n) is 6.98. The number of aryl methyl sites for hydroxylation is 2. The smallest absolute Gasteiger partial charge is 0.341 e. The molecule has 0 saturated carbocycles. The summed E-state index contributed by atoms with van der Waals surface area (Å²) < 4.78 is 36.7. The highest BCUT2D eigenvalue weighted by atomic mass is 32.1. The Morgan fingerprint density at radius 1 is 1.27 bits per heavy atom. The molecule has 124 valence electrons. The number of hydrogen-bond donors (Lipinski definition) is 1. The van der Waals surface area contributed by atoms with Gasteiger partial charge in [-0.1, -0.05) is 13.8 Å². The maximum absolute atomic E-state index is 12.2. The van der Waals surface area contributed by atoms with Gasteiger partial charge in [-0.3, -0.25) is 9.59 Å². The summed E-state index contributed by atoms with van der Waals surface area (Å²) >= 11 is 1.30. The molecule has 0 spiro atoms. The SMILES string of the molecule is Cc1cc(C)c(C(=O)N[C@@H](C(=O)CCC(F)(F)F)C(C)C)s1. The monoisotopic (exact) mass is 335 g/mol. The van der Waals surface area contributed by atoms with Crippen LogP contribution in [-0.2, 0) is 4.79 Å². The molecular formula is C15H20F3NO2S. The Kier molecular flexibility index (Phi) is 6.17. The molecule has 0 aliphatic heterocycles. The van der Waals surface area contributed by atoms with Crippen molar-refractivity contribution < 1.29 is 22.8 Å². The fourth-order valence-corrected chi connectivity index (χ4v) is 3.04. The second-order valence-electron chi connectivity index (χ2n) is 5.65. The number of halogens is 3. The fourth-order valence-electron chi connectivity index (χ4n) is 2.11. The third-order valence-corrected chi connectivity index (χ3v) is 4.35. The van der Waals surface area contributed by atoms with E-state index in [-0.39, 0.29) is 5.92 Å². The van der Waals surface area contributed by atoms with Crippen LogP contribution >= 0.6 is 11.3 Å². The minimum atomic E-state index is -4.37. The van der Waals surface area contributed by atoms with Gasteiger partial charge in [0.1, 0.15) is 0 Å². The molecule has 0 unspecified atom stereocenters. The van der Waals surface area contributed by atoms with Crippen LogP contribution in [0.25, 0.3) is 0 Å². The molecule has 3 nitrogen and oxygen atoms in total. The molecule has 1 aromatic heterocycles. The molecule has 1 amide bonds. The van der Waals surface area contributed by atoms with Gasteiger partial charge in [0.2, 0.25) is 0 Å². The lowest BCUT2D eigenvalue weighted by Gasteiger charge is -2.21. The fraction of sp³-hybridized carbons (Fsp3) is 0.600. The highest BCUT2D eigenvalue weighted by Crippen LogP contribution is 2.24. The second-order valence-corrected chi connectivity index (χ2v) is 6.90. The maximum Gasteiger partial charge on any atom is 0.389 e. The van der Waals surface area contributed by atoms with E-state index >= 15 is 0 Å². The standard InChI is InChI=1S/C15H20F3NO2S/c1-8(2)12(11(20)5-6-15(16,17)18)19-14(21)13-9(3)7-10(4)22-13/h7-8,12H,5-6H2,1-4H3,(H,19,21)/t12-/m1/s1. The van der Waals surface area contributed by atoms with Crippen LogP contribution in [0.3, 0.4) is 0 Å². The van der Waals surface area contributed by atoms with Crippen LogP contribution in [0.1, 0.15) is 46.8 Å². The molecule has 0 saturated heterocycles. The minimum absolute atomic E-state index is 0.272. The summed E-state index contributed by atoms with van der Waals surface area (Å²) in [5.74, 6) is -1.27. The van der Waals surface area contributed by atoms with Crippen molar-refractivity contribution in [2.45, 2.75) is 52.8 Å². The zero-order chi connectivity index (χ0) is 17.1. The number of carbonyl (C=O) groups is 2. The molecule has 0 bridgehead atoms. The highest BCUT2D eigenvalue weighted by Gasteiger charge is 2.31. The number of carbonyl (C=O) groups excluding carboxylic acids is 2. The Balaban J connectivity index is 2.78. The number of hydrogen-bond acceptors (Lipinski definition) is 3. The average molecular weight is 335 g/mol. The van der Waals surface area contributed by atoms with Crippen LogP contribution in [0.4, 0.5) is 13.2 Å². The molecule has 22 heavy (non-hydrogen) atoms. The number of alkyl halides is 3. The van der Waals surface area contributed by atoms with E-state index in [1.54, 1.807) is 20.8 Å². The predicted molar refractivity (Wildman–Crippen MR) is 80.2 cm³/mol. The van der Waals surface area contributed by atoms with Crippen molar-refractivity contribution in [2.75, 3.05) is 0 Å². The van der Waals surface area contributed by atoms with E-state index in [2.05, 4.69) is 5.32 Å². The van der Waals surface area contributed by atoms with E-state index in [4.69, 9.17) is 0 Å². The van der Waals surface area contributed by atoms with Crippen LogP contribution in [0.15, 0.2) is 6.07 Å². The molecule has 0 aliphatic rings. The summed E-state index contributed by atoms with van der Waals surface area (Å²) in [6.45, 7) is 7.04. The van der Waals surface area contributed by atoms with Gasteiger partial charge in [0.05, 0.1) is 17.3 Å². The van der Waals surface area contributed by atoms with Gasteiger partial charge < -0.3 is 5.32 Å². The molecule has 1 atom stereocenters. The minimum Gasteiger partial charge on any atom is -0.341 e. The number of thiophene rings is 1. The maximum atomic E-state index is 12.2. The number of nitrogens with one attached hydrogen (secondary N) is 1. The van der Waals surface area contributed by atoms with Crippen molar-refractivity contribution >= 4 is 23.0 Å². The summed E-state index contributed by atoms with van der Waals surface area (Å²) in [5.41, 5.74) is 0.797. The number of amides is 1. The van der Waals surface area contributed by atoms with E-state index in [9.17, 15) is 22.8 Å². The Morgan fingerprint density at radius 2 is 1.86 bits per heavy atom. The topological polar surface area (TPSA) is 46.2 Å². The predicted octanol–water partition coefficient (Wildman–Crippen LogP) is 4.03. The number of Topliss-reactive ketones (excluding diaryl/α,β-unsaturated/α-hetero) is 1. The quantitative estimate of drug-likeness (QED) is 0.853. The lowest BCUT2D eigenvalue weighted by molar-refractivity contribution is -0.144. The van der Waals surface area contributed by atoms with Crippen molar-refractivity contribution in [3.63, 3.8) is 0 Å². The largest absolute Gasteiger partial charge is 0.389 e. The normalized spacial score (nSPS) is 13.3. The Morgan fingerprint density at radius 3 is 2.27 bits per heavy atom. The van der Waals surface area contributed by atoms with Crippen molar-refractivity contribution in [1.82, 2.24) is 5.32 Å². The van der Waals surface area contributed by atoms with Gasteiger partial charge in [-0.05, 0) is 31.4 Å². The van der Waals surface area contributed by atoms with Crippen molar-refractivity contribution in [3.05, 3.63) is 21.4 Å². The van der Waals surface area contributed by atoms with E-state index in [1.165, 1.54) is 11.3 Å². The van der Waals surface area contributed by atoms with Crippen LogP contribution in [-0.4, -0.2) is 23.9 Å². The van der Waals surface area contributed by atoms with Crippen LogP contribution in [0.5, 0.6) is 0 Å². The van der Waals surface area contributed by atoms with E-state index in [0.717, 1.165) is 10.4 Å². The van der Waals surface area contributed by atoms with Crippen molar-refractivity contribution in [3.8, 4) is 0 Å². The molecule has 1 rings (SSSR count). The van der Waals surface area contributed by atoms with Gasteiger partial charge in [-0.2, -0.15) is 13.2 Å². The van der Waals surface area contributed by atoms with Crippen molar-refractivity contribution in [2.24, 2.45) is 5.92 Å². The average Bonchev–Trinajstić information content (AvgIpc) is 2.70. The van der Waals surface area contributed by atoms with Crippen LogP contribution in [0.2, 0.25) is 0 Å². The van der Waals surface area contributed by atoms with Gasteiger partial charge in [0, 0.05) is 11.3 Å². The summed E-state index contributed by atoms with van der Waals surface area (Å²) in [6.07, 6.45) is -6.15. The van der Waals surface area contributed by atoms with Gasteiger partial charge in [0.25, 0.3) is 5.91 Å². The first-order valence-corrected chi connectivity index (χ1v) is 7.80. The Hall–Kier alpha value is -1.37. The molecule has 1 N–H and O–H groups in total. The first kappa shape index (κ1) is 18.7. The molecule has 0 radical (unpaired) electrons. The molecule has 7 heteroatoms. The van der Waals surface area contributed by atoms with Crippen LogP contribution in [0, 0.1) is 19.8 Å². The highest BCUT2D eigenvalue weighted by molar-refractivity contribution is 7.14. The van der Waals surface area contributed by atoms with Crippen LogP contribution < -0.4 is 5.32 Å². The second kappa shape index (κ2) is 7.26. The third-order valence-electron chi connectivity index (χ3n) is 3.20. The Labute approximate surface area is 131 Å². The number of rotatable bonds is 6. The van der Waals surface area contributed by atoms with Crippen molar-refractivity contribution in [1.29, 1.82) is 0 Å². The van der Waals surface area contributed by atoms with E-state index in [0.29, 0.717) is 4.88 Å². The molecule has 0 aliphatic carbocycles. The molecule has 1 aromatic rings. The summed E-state index contributed by atoms with van der Waals surface area (Å²) in [4.78, 5) is 25.7. The summed E-state index contributed by atoms with van der Waals surface area (Å²) in [6, 6.07) is 0.951. The summed E-state index contributed by atoms with van der Waals surface area (Å²) in [5, 5.41) is 2.58. The van der Waals surface area contributed by atoms with Gasteiger partial charge in [-0.15, -0.1) is 11.3 Å². The zero-order valence-corrected chi connectivity index (χ0v) is 13.8. The van der Waals surface area contributed by atoms with Gasteiger partial charge >= 0.3 is 6.18 Å². The third kappa shape index (κ3) is 5.44. The Bertz CT molecular complexity index is 549. The lowest BCUT2D eigenvalue weighted by atomic mass is 9.96. The zero-order valence-electron chi connectivity index (χ0n) is 13.0. The van der Waals surface area contributed by atoms with E-state index < -0.39 is 36.8 Å². The van der Waals surface area contributed by atoms with E-state index in [1.807, 2.05) is 13.0 Å². The molecule has 0 fully saturated rings. The number of ketones is 1. The lowest BCUT2D eigenvalue weighted by Crippen LogP contribution is -2.44. The van der Waals surface area contributed by atoms with Gasteiger partial charge in [0.15, 0.2) is 5.78 Å².